The Kier molecular flexibility index (Phi) is 14.4. The normalized spacial score (nSPS) is 17.1. The van der Waals surface area contributed by atoms with Crippen LogP contribution in [0.2, 0.25) is 0 Å². The maximum atomic E-state index is 13.8. The summed E-state index contributed by atoms with van der Waals surface area (Å²) in [5, 5.41) is 8.55. The number of anilines is 3. The lowest BCUT2D eigenvalue weighted by Crippen LogP contribution is -2.52. The first-order valence-electron chi connectivity index (χ1n) is 20.3. The van der Waals surface area contributed by atoms with Gasteiger partial charge in [0.2, 0.25) is 23.6 Å². The fourth-order valence-corrected chi connectivity index (χ4v) is 7.95. The lowest BCUT2D eigenvalue weighted by molar-refractivity contribution is -0.140. The van der Waals surface area contributed by atoms with Gasteiger partial charge in [0.15, 0.2) is 0 Å². The summed E-state index contributed by atoms with van der Waals surface area (Å²) in [4.78, 5) is 73.5. The molecule has 4 aromatic carbocycles. The van der Waals surface area contributed by atoms with Crippen LogP contribution >= 0.6 is 0 Å². The number of alkyl carbamates (subject to hydrolysis) is 1. The minimum Gasteiger partial charge on any atom is -0.453 e. The number of nitrogens with one attached hydrogen (secondary N) is 3. The summed E-state index contributed by atoms with van der Waals surface area (Å²) in [6, 6.07) is 32.5. The van der Waals surface area contributed by atoms with Gasteiger partial charge >= 0.3 is 6.09 Å². The molecule has 13 heteroatoms. The first kappa shape index (κ1) is 43.1. The molecule has 60 heavy (non-hydrogen) atoms. The van der Waals surface area contributed by atoms with E-state index in [1.165, 1.54) is 12.0 Å². The molecule has 0 radical (unpaired) electrons. The average molecular weight is 814 g/mol. The molecule has 6 rings (SSSR count). The number of carbonyl (C=O) groups is 5. The van der Waals surface area contributed by atoms with Crippen LogP contribution in [-0.4, -0.2) is 96.8 Å². The smallest absolute Gasteiger partial charge is 0.407 e. The van der Waals surface area contributed by atoms with Crippen molar-refractivity contribution in [2.45, 2.75) is 69.9 Å². The molecule has 4 aromatic rings. The minimum atomic E-state index is -0.995. The maximum Gasteiger partial charge on any atom is 0.407 e. The molecular weight excluding hydrogens is 759 g/mol. The van der Waals surface area contributed by atoms with Crippen LogP contribution in [0, 0.1) is 0 Å². The highest BCUT2D eigenvalue weighted by molar-refractivity contribution is 6.00. The third-order valence-electron chi connectivity index (χ3n) is 11.0. The lowest BCUT2D eigenvalue weighted by atomic mass is 10.0. The van der Waals surface area contributed by atoms with Crippen molar-refractivity contribution in [3.05, 3.63) is 138 Å². The second-order valence-electron chi connectivity index (χ2n) is 15.6. The lowest BCUT2D eigenvalue weighted by Gasteiger charge is -2.31. The predicted octanol–water partition coefficient (Wildman–Crippen LogP) is 6.36. The van der Waals surface area contributed by atoms with Gasteiger partial charge in [-0.15, -0.1) is 0 Å². The standard InChI is InChI=1S/C47H55N7O6/c1-32(2)41(50-47(59)60-5)45(57)53-28-12-18-39(53)43(55)48-36-24-20-33(21-25-36)30-52(38-16-10-7-11-17-38)31-34-22-26-37(27-23-34)49-44(56)40-19-13-29-54(40)46(58)42(51(3)4)35-14-8-6-9-15-35/h6-11,14-17,20-27,39-42H,1,12-13,18-19,28-31H2,2-5H3,(H,48,55)(H,49,56)(H,50,59)/t39-,40-,41-,42+/m0/s1. The van der Waals surface area contributed by atoms with E-state index in [2.05, 4.69) is 44.3 Å². The number of hydrogen-bond donors (Lipinski definition) is 3. The van der Waals surface area contributed by atoms with Crippen molar-refractivity contribution < 1.29 is 28.7 Å². The molecule has 0 aliphatic carbocycles. The molecule has 0 bridgehead atoms. The number of nitrogens with zero attached hydrogens (tertiary/aromatic N) is 4. The van der Waals surface area contributed by atoms with Crippen molar-refractivity contribution in [1.82, 2.24) is 20.0 Å². The molecule has 0 saturated carbocycles. The minimum absolute atomic E-state index is 0.0755. The fourth-order valence-electron chi connectivity index (χ4n) is 7.95. The van der Waals surface area contributed by atoms with Gasteiger partial charge < -0.3 is 35.4 Å². The number of amides is 5. The van der Waals surface area contributed by atoms with Crippen LogP contribution in [0.25, 0.3) is 0 Å². The zero-order valence-corrected chi connectivity index (χ0v) is 34.8. The molecular formula is C47H55N7O6. The molecule has 2 saturated heterocycles. The number of carbonyl (C=O) groups excluding carboxylic acids is 5. The molecule has 314 valence electrons. The third kappa shape index (κ3) is 10.6. The van der Waals surface area contributed by atoms with Crippen LogP contribution in [0.5, 0.6) is 0 Å². The zero-order chi connectivity index (χ0) is 42.8. The zero-order valence-electron chi connectivity index (χ0n) is 34.8. The van der Waals surface area contributed by atoms with E-state index in [4.69, 9.17) is 0 Å². The Labute approximate surface area is 352 Å². The van der Waals surface area contributed by atoms with E-state index in [0.29, 0.717) is 62.4 Å². The van der Waals surface area contributed by atoms with E-state index >= 15 is 0 Å². The largest absolute Gasteiger partial charge is 0.453 e. The number of rotatable bonds is 15. The summed E-state index contributed by atoms with van der Waals surface area (Å²) >= 11 is 0. The van der Waals surface area contributed by atoms with E-state index in [1.807, 2.05) is 116 Å². The highest BCUT2D eigenvalue weighted by atomic mass is 16.5. The molecule has 2 heterocycles. The van der Waals surface area contributed by atoms with Gasteiger partial charge in [-0.25, -0.2) is 4.79 Å². The van der Waals surface area contributed by atoms with Crippen molar-refractivity contribution in [3.8, 4) is 0 Å². The van der Waals surface area contributed by atoms with Gasteiger partial charge in [-0.3, -0.25) is 24.1 Å². The van der Waals surface area contributed by atoms with Crippen LogP contribution in [0.15, 0.2) is 121 Å². The first-order valence-corrected chi connectivity index (χ1v) is 20.3. The van der Waals surface area contributed by atoms with Crippen molar-refractivity contribution in [2.75, 3.05) is 49.8 Å². The summed E-state index contributed by atoms with van der Waals surface area (Å²) in [6.07, 6.45) is 1.79. The second kappa shape index (κ2) is 20.0. The average Bonchev–Trinajstić information content (AvgIpc) is 3.96. The monoisotopic (exact) mass is 813 g/mol. The van der Waals surface area contributed by atoms with E-state index < -0.39 is 36.2 Å². The summed E-state index contributed by atoms with van der Waals surface area (Å²) < 4.78 is 4.68. The Morgan fingerprint density at radius 1 is 0.700 bits per heavy atom. The Balaban J connectivity index is 1.07. The van der Waals surface area contributed by atoms with E-state index in [9.17, 15) is 24.0 Å². The van der Waals surface area contributed by atoms with Crippen LogP contribution in [0.3, 0.4) is 0 Å². The molecule has 2 aliphatic heterocycles. The van der Waals surface area contributed by atoms with Gasteiger partial charge in [-0.2, -0.15) is 0 Å². The van der Waals surface area contributed by atoms with E-state index in [-0.39, 0.29) is 17.7 Å². The molecule has 0 unspecified atom stereocenters. The molecule has 3 N–H and O–H groups in total. The topological polar surface area (TPSA) is 144 Å². The van der Waals surface area contributed by atoms with Crippen LogP contribution < -0.4 is 20.9 Å². The molecule has 0 aromatic heterocycles. The van der Waals surface area contributed by atoms with Gasteiger partial charge in [-0.1, -0.05) is 79.4 Å². The summed E-state index contributed by atoms with van der Waals surface area (Å²) in [7, 11) is 4.99. The van der Waals surface area contributed by atoms with Crippen molar-refractivity contribution >= 4 is 46.8 Å². The summed E-state index contributed by atoms with van der Waals surface area (Å²) in [6.45, 7) is 7.59. The number of likely N-dealkylation sites (tertiary alicyclic amines) is 2. The molecule has 2 fully saturated rings. The molecule has 13 nitrogen and oxygen atoms in total. The third-order valence-corrected chi connectivity index (χ3v) is 11.0. The number of methoxy groups -OCH3 is 1. The van der Waals surface area contributed by atoms with Crippen LogP contribution in [0.4, 0.5) is 21.9 Å². The van der Waals surface area contributed by atoms with Crippen molar-refractivity contribution in [3.63, 3.8) is 0 Å². The van der Waals surface area contributed by atoms with Gasteiger partial charge in [0, 0.05) is 43.2 Å². The summed E-state index contributed by atoms with van der Waals surface area (Å²) in [5.74, 6) is -0.965. The maximum absolute atomic E-state index is 13.8. The van der Waals surface area contributed by atoms with Gasteiger partial charge in [0.05, 0.1) is 7.11 Å². The number of likely N-dealkylation sites (N-methyl/N-ethyl adjacent to an activating group) is 1. The van der Waals surface area contributed by atoms with E-state index in [1.54, 1.807) is 11.8 Å². The van der Waals surface area contributed by atoms with Gasteiger partial charge in [0.25, 0.3) is 0 Å². The molecule has 2 aliphatic rings. The molecule has 4 atom stereocenters. The quantitative estimate of drug-likeness (QED) is 0.118. The van der Waals surface area contributed by atoms with Crippen molar-refractivity contribution in [2.24, 2.45) is 0 Å². The van der Waals surface area contributed by atoms with Gasteiger partial charge in [-0.05, 0) is 105 Å². The summed E-state index contributed by atoms with van der Waals surface area (Å²) in [5.41, 5.74) is 5.71. The predicted molar refractivity (Wildman–Crippen MR) is 233 cm³/mol. The number of hydrogen-bond acceptors (Lipinski definition) is 8. The Morgan fingerprint density at radius 3 is 1.62 bits per heavy atom. The highest BCUT2D eigenvalue weighted by Gasteiger charge is 2.39. The first-order chi connectivity index (χ1) is 28.9. The number of para-hydroxylation sites is 1. The highest BCUT2D eigenvalue weighted by Crippen LogP contribution is 2.28. The Hall–Kier alpha value is -6.47. The second-order valence-corrected chi connectivity index (χ2v) is 15.6. The number of ether oxygens (including phenoxy) is 1. The Morgan fingerprint density at radius 2 is 1.17 bits per heavy atom. The van der Waals surface area contributed by atoms with E-state index in [0.717, 1.165) is 28.8 Å². The van der Waals surface area contributed by atoms with Gasteiger partial charge in [0.1, 0.15) is 24.2 Å². The molecule has 5 amide bonds. The SMILES string of the molecule is C=C(C)[C@H](NC(=O)OC)C(=O)N1CCC[C@H]1C(=O)Nc1ccc(CN(Cc2ccc(NC(=O)[C@@H]3CCCN3C(=O)[C@@H](c3ccccc3)N(C)C)cc2)c2ccccc2)cc1. The Bertz CT molecular complexity index is 2130. The van der Waals surface area contributed by atoms with Crippen LogP contribution in [0.1, 0.15) is 55.3 Å². The molecule has 0 spiro atoms. The fraction of sp³-hybridized carbons (Fsp3) is 0.340. The number of benzene rings is 4. The van der Waals surface area contributed by atoms with Crippen molar-refractivity contribution in [1.29, 1.82) is 0 Å². The van der Waals surface area contributed by atoms with Crippen LogP contribution in [-0.2, 0) is 37.0 Å².